The number of nitrogens with zero attached hydrogens (tertiary/aromatic N) is 1. The van der Waals surface area contributed by atoms with E-state index in [4.69, 9.17) is 0 Å². The van der Waals surface area contributed by atoms with E-state index in [0.717, 1.165) is 46.4 Å². The van der Waals surface area contributed by atoms with E-state index >= 15 is 0 Å². The van der Waals surface area contributed by atoms with E-state index in [1.807, 2.05) is 62.4 Å². The van der Waals surface area contributed by atoms with E-state index < -0.39 is 10.0 Å². The van der Waals surface area contributed by atoms with Crippen molar-refractivity contribution in [3.05, 3.63) is 93.1 Å². The highest BCUT2D eigenvalue weighted by Crippen LogP contribution is 2.28. The summed E-state index contributed by atoms with van der Waals surface area (Å²) in [6, 6.07) is 20.4. The van der Waals surface area contributed by atoms with Crippen LogP contribution in [-0.4, -0.2) is 13.0 Å². The third kappa shape index (κ3) is 4.29. The number of benzene rings is 3. The number of hydrogen-bond donors (Lipinski definition) is 1. The lowest BCUT2D eigenvalue weighted by molar-refractivity contribution is 0.601. The lowest BCUT2D eigenvalue weighted by Crippen LogP contribution is -2.16. The van der Waals surface area contributed by atoms with Crippen molar-refractivity contribution in [2.24, 2.45) is 0 Å². The van der Waals surface area contributed by atoms with Crippen molar-refractivity contribution in [3.8, 4) is 0 Å². The molecule has 0 aliphatic heterocycles. The average molecular weight is 453 g/mol. The van der Waals surface area contributed by atoms with Crippen molar-refractivity contribution in [1.29, 1.82) is 0 Å². The third-order valence-corrected chi connectivity index (χ3v) is 7.66. The molecular weight excluding hydrogens is 428 g/mol. The molecule has 0 fully saturated rings. The normalized spacial score (nSPS) is 11.7. The van der Waals surface area contributed by atoms with Gasteiger partial charge < -0.3 is 0 Å². The minimum atomic E-state index is -3.79. The average Bonchev–Trinajstić information content (AvgIpc) is 3.08. The van der Waals surface area contributed by atoms with Crippen LogP contribution < -0.4 is 9.60 Å². The molecule has 3 aromatic carbocycles. The highest BCUT2D eigenvalue weighted by molar-refractivity contribution is 7.92. The maximum Gasteiger partial charge on any atom is 0.308 e. The van der Waals surface area contributed by atoms with Crippen LogP contribution in [0.3, 0.4) is 0 Å². The molecule has 4 rings (SSSR count). The highest BCUT2D eigenvalue weighted by Gasteiger charge is 2.19. The number of nitrogens with one attached hydrogen (secondary N) is 1. The number of hydrogen-bond acceptors (Lipinski definition) is 4. The topological polar surface area (TPSA) is 68.2 Å². The van der Waals surface area contributed by atoms with E-state index in [-0.39, 0.29) is 9.77 Å². The molecule has 0 amide bonds. The Labute approximate surface area is 186 Å². The SMILES string of the molecule is CCc1cccc(CC)c1NS(=O)(=O)c1ccc2c(c1)sc(=O)n2Cc1ccccc1. The van der Waals surface area contributed by atoms with Crippen LogP contribution >= 0.6 is 11.3 Å². The highest BCUT2D eigenvalue weighted by atomic mass is 32.2. The lowest BCUT2D eigenvalue weighted by atomic mass is 10.0. The molecule has 5 nitrogen and oxygen atoms in total. The third-order valence-electron chi connectivity index (χ3n) is 5.37. The second kappa shape index (κ2) is 8.69. The van der Waals surface area contributed by atoms with Crippen LogP contribution in [0.2, 0.25) is 0 Å². The zero-order chi connectivity index (χ0) is 22.0. The predicted molar refractivity (Wildman–Crippen MR) is 128 cm³/mol. The smallest absolute Gasteiger partial charge is 0.294 e. The van der Waals surface area contributed by atoms with Gasteiger partial charge in [0.05, 0.1) is 27.3 Å². The first-order valence-corrected chi connectivity index (χ1v) is 12.5. The first-order valence-electron chi connectivity index (χ1n) is 10.2. The zero-order valence-corrected chi connectivity index (χ0v) is 19.1. The summed E-state index contributed by atoms with van der Waals surface area (Å²) in [5.41, 5.74) is 4.33. The summed E-state index contributed by atoms with van der Waals surface area (Å²) in [4.78, 5) is 12.6. The molecule has 0 radical (unpaired) electrons. The Balaban J connectivity index is 1.71. The van der Waals surface area contributed by atoms with Crippen LogP contribution in [0.25, 0.3) is 10.2 Å². The molecule has 0 unspecified atom stereocenters. The number of aromatic nitrogens is 1. The maximum atomic E-state index is 13.2. The summed E-state index contributed by atoms with van der Waals surface area (Å²) in [5.74, 6) is 0. The lowest BCUT2D eigenvalue weighted by Gasteiger charge is -2.16. The van der Waals surface area contributed by atoms with Crippen LogP contribution in [0.1, 0.15) is 30.5 Å². The van der Waals surface area contributed by atoms with Crippen LogP contribution in [-0.2, 0) is 29.4 Å². The number of rotatable bonds is 7. The summed E-state index contributed by atoms with van der Waals surface area (Å²) >= 11 is 1.07. The van der Waals surface area contributed by atoms with E-state index in [9.17, 15) is 13.2 Å². The molecule has 160 valence electrons. The zero-order valence-electron chi connectivity index (χ0n) is 17.5. The molecule has 0 atom stereocenters. The molecule has 31 heavy (non-hydrogen) atoms. The van der Waals surface area contributed by atoms with Gasteiger partial charge in [-0.3, -0.25) is 14.1 Å². The van der Waals surface area contributed by atoms with Gasteiger partial charge in [0.1, 0.15) is 0 Å². The number of thiazole rings is 1. The van der Waals surface area contributed by atoms with E-state index in [0.29, 0.717) is 16.9 Å². The summed E-state index contributed by atoms with van der Waals surface area (Å²) in [6.45, 7) is 4.46. The molecule has 0 bridgehead atoms. The molecule has 0 saturated heterocycles. The van der Waals surface area contributed by atoms with Crippen molar-refractivity contribution >= 4 is 37.3 Å². The van der Waals surface area contributed by atoms with Crippen molar-refractivity contribution in [2.75, 3.05) is 4.72 Å². The van der Waals surface area contributed by atoms with Gasteiger partial charge in [0.2, 0.25) is 0 Å². The maximum absolute atomic E-state index is 13.2. The Morgan fingerprint density at radius 3 is 2.23 bits per heavy atom. The van der Waals surface area contributed by atoms with Crippen LogP contribution in [0.4, 0.5) is 5.69 Å². The van der Waals surface area contributed by atoms with E-state index in [2.05, 4.69) is 4.72 Å². The van der Waals surface area contributed by atoms with Gasteiger partial charge >= 0.3 is 4.87 Å². The van der Waals surface area contributed by atoms with Gasteiger partial charge in [-0.1, -0.05) is 73.7 Å². The number of anilines is 1. The van der Waals surface area contributed by atoms with E-state index in [1.165, 1.54) is 0 Å². The fraction of sp³-hybridized carbons (Fsp3) is 0.208. The summed E-state index contributed by atoms with van der Waals surface area (Å²) in [7, 11) is -3.79. The van der Waals surface area contributed by atoms with Gasteiger partial charge in [-0.05, 0) is 47.7 Å². The van der Waals surface area contributed by atoms with Gasteiger partial charge in [0.25, 0.3) is 10.0 Å². The van der Waals surface area contributed by atoms with Gasteiger partial charge in [-0.15, -0.1) is 0 Å². The molecule has 0 saturated carbocycles. The Hall–Kier alpha value is -2.90. The fourth-order valence-electron chi connectivity index (χ4n) is 3.70. The minimum Gasteiger partial charge on any atom is -0.294 e. The second-order valence-electron chi connectivity index (χ2n) is 7.33. The molecule has 4 aromatic rings. The quantitative estimate of drug-likeness (QED) is 0.427. The molecule has 1 aromatic heterocycles. The van der Waals surface area contributed by atoms with Gasteiger partial charge in [0, 0.05) is 0 Å². The molecule has 1 N–H and O–H groups in total. The molecule has 0 spiro atoms. The summed E-state index contributed by atoms with van der Waals surface area (Å²) in [6.07, 6.45) is 1.46. The largest absolute Gasteiger partial charge is 0.308 e. The number of aryl methyl sites for hydroxylation is 2. The summed E-state index contributed by atoms with van der Waals surface area (Å²) < 4.78 is 31.5. The number of fused-ring (bicyclic) bond motifs is 1. The Morgan fingerprint density at radius 2 is 1.58 bits per heavy atom. The first-order chi connectivity index (χ1) is 14.9. The Morgan fingerprint density at radius 1 is 0.903 bits per heavy atom. The van der Waals surface area contributed by atoms with Crippen molar-refractivity contribution in [3.63, 3.8) is 0 Å². The monoisotopic (exact) mass is 452 g/mol. The molecule has 7 heteroatoms. The van der Waals surface area contributed by atoms with Crippen LogP contribution in [0.15, 0.2) is 76.4 Å². The summed E-state index contributed by atoms with van der Waals surface area (Å²) in [5, 5.41) is 0. The Bertz CT molecular complexity index is 1370. The fourth-order valence-corrected chi connectivity index (χ4v) is 5.87. The van der Waals surface area contributed by atoms with Gasteiger partial charge in [0.15, 0.2) is 0 Å². The number of para-hydroxylation sites is 1. The minimum absolute atomic E-state index is 0.106. The van der Waals surface area contributed by atoms with Crippen molar-refractivity contribution in [2.45, 2.75) is 38.1 Å². The van der Waals surface area contributed by atoms with Crippen molar-refractivity contribution < 1.29 is 8.42 Å². The molecular formula is C24H24N2O3S2. The van der Waals surface area contributed by atoms with Gasteiger partial charge in [-0.2, -0.15) is 0 Å². The molecule has 0 aliphatic rings. The standard InChI is InChI=1S/C24H24N2O3S2/c1-3-18-11-8-12-19(4-2)23(18)25-31(28,29)20-13-14-21-22(15-20)30-24(27)26(21)16-17-9-6-5-7-10-17/h5-15,25H,3-4,16H2,1-2H3. The molecule has 1 heterocycles. The van der Waals surface area contributed by atoms with Crippen LogP contribution in [0.5, 0.6) is 0 Å². The van der Waals surface area contributed by atoms with Crippen LogP contribution in [0, 0.1) is 0 Å². The second-order valence-corrected chi connectivity index (χ2v) is 10.0. The molecule has 0 aliphatic carbocycles. The van der Waals surface area contributed by atoms with Crippen molar-refractivity contribution in [1.82, 2.24) is 4.57 Å². The first kappa shape index (κ1) is 21.3. The predicted octanol–water partition coefficient (Wildman–Crippen LogP) is 5.04. The van der Waals surface area contributed by atoms with Gasteiger partial charge in [-0.25, -0.2) is 8.42 Å². The Kier molecular flexibility index (Phi) is 5.98. The number of sulfonamides is 1. The van der Waals surface area contributed by atoms with E-state index in [1.54, 1.807) is 22.8 Å².